The minimum atomic E-state index is 1.09. The minimum Gasteiger partial charge on any atom is -0.369 e. The Morgan fingerprint density at radius 1 is 1.31 bits per heavy atom. The number of nitrogens with zero attached hydrogens (tertiary/aromatic N) is 1. The monoisotopic (exact) mass is 231 g/mol. The van der Waals surface area contributed by atoms with Crippen LogP contribution in [-0.4, -0.2) is 26.2 Å². The number of thiophene rings is 1. The zero-order chi connectivity index (χ0) is 11.0. The summed E-state index contributed by atoms with van der Waals surface area (Å²) >= 11 is 1.71. The van der Waals surface area contributed by atoms with E-state index in [1.807, 2.05) is 0 Å². The highest BCUT2D eigenvalue weighted by Crippen LogP contribution is 2.29. The van der Waals surface area contributed by atoms with Crippen molar-refractivity contribution < 1.29 is 0 Å². The molecule has 1 fully saturated rings. The fraction of sp³-hybridized carbons (Fsp3) is 0.385. The van der Waals surface area contributed by atoms with Crippen LogP contribution in [0.4, 0.5) is 5.69 Å². The molecule has 0 spiro atoms. The van der Waals surface area contributed by atoms with E-state index in [0.717, 1.165) is 26.2 Å². The van der Waals surface area contributed by atoms with Crippen molar-refractivity contribution in [2.45, 2.75) is 6.92 Å². The highest BCUT2D eigenvalue weighted by atomic mass is 32.1. The Bertz CT molecular complexity index is 498. The molecular formula is C13H15N2S. The van der Waals surface area contributed by atoms with E-state index in [9.17, 15) is 0 Å². The van der Waals surface area contributed by atoms with E-state index in [2.05, 4.69) is 40.7 Å². The molecule has 1 radical (unpaired) electrons. The molecule has 1 aliphatic rings. The molecule has 2 nitrogen and oxygen atoms in total. The number of aryl methyl sites for hydroxylation is 1. The van der Waals surface area contributed by atoms with Crippen molar-refractivity contribution in [3.05, 3.63) is 29.1 Å². The van der Waals surface area contributed by atoms with Crippen LogP contribution in [0.3, 0.4) is 0 Å². The summed E-state index contributed by atoms with van der Waals surface area (Å²) in [7, 11) is 0. The molecule has 1 saturated heterocycles. The number of hydrogen-bond acceptors (Lipinski definition) is 3. The van der Waals surface area contributed by atoms with Gasteiger partial charge in [-0.3, -0.25) is 0 Å². The summed E-state index contributed by atoms with van der Waals surface area (Å²) in [6.07, 6.45) is 0. The minimum absolute atomic E-state index is 1.09. The lowest BCUT2D eigenvalue weighted by molar-refractivity contribution is 0.589. The van der Waals surface area contributed by atoms with Crippen molar-refractivity contribution in [3.63, 3.8) is 0 Å². The molecule has 0 aliphatic carbocycles. The average molecular weight is 231 g/mol. The molecule has 0 bridgehead atoms. The van der Waals surface area contributed by atoms with Gasteiger partial charge in [-0.15, -0.1) is 11.3 Å². The number of nitrogens with one attached hydrogen (secondary N) is 1. The maximum atomic E-state index is 3.38. The van der Waals surface area contributed by atoms with E-state index >= 15 is 0 Å². The van der Waals surface area contributed by atoms with Gasteiger partial charge in [0.25, 0.3) is 0 Å². The fourth-order valence-electron chi connectivity index (χ4n) is 2.21. The molecule has 16 heavy (non-hydrogen) atoms. The van der Waals surface area contributed by atoms with Gasteiger partial charge in [-0.05, 0) is 36.1 Å². The second-order valence-corrected chi connectivity index (χ2v) is 5.09. The van der Waals surface area contributed by atoms with E-state index in [4.69, 9.17) is 0 Å². The van der Waals surface area contributed by atoms with Crippen LogP contribution in [0.1, 0.15) is 5.56 Å². The van der Waals surface area contributed by atoms with Gasteiger partial charge in [-0.25, -0.2) is 0 Å². The molecule has 0 amide bonds. The first-order chi connectivity index (χ1) is 7.84. The summed E-state index contributed by atoms with van der Waals surface area (Å²) in [6.45, 7) is 6.54. The highest BCUT2D eigenvalue weighted by Gasteiger charge is 2.11. The first-order valence-electron chi connectivity index (χ1n) is 5.71. The number of hydrogen-bond donors (Lipinski definition) is 1. The lowest BCUT2D eigenvalue weighted by Crippen LogP contribution is -2.43. The van der Waals surface area contributed by atoms with Gasteiger partial charge in [0.1, 0.15) is 0 Å². The third kappa shape index (κ3) is 1.70. The van der Waals surface area contributed by atoms with Gasteiger partial charge in [-0.1, -0.05) is 0 Å². The van der Waals surface area contributed by atoms with Crippen LogP contribution in [0.15, 0.2) is 18.2 Å². The van der Waals surface area contributed by atoms with Crippen molar-refractivity contribution in [1.82, 2.24) is 5.32 Å². The zero-order valence-corrected chi connectivity index (χ0v) is 10.2. The van der Waals surface area contributed by atoms with Crippen molar-refractivity contribution in [3.8, 4) is 0 Å². The molecular weight excluding hydrogens is 216 g/mol. The van der Waals surface area contributed by atoms with E-state index < -0.39 is 0 Å². The van der Waals surface area contributed by atoms with Crippen LogP contribution in [0.25, 0.3) is 10.1 Å². The number of rotatable bonds is 1. The van der Waals surface area contributed by atoms with Crippen molar-refractivity contribution in [1.29, 1.82) is 0 Å². The second kappa shape index (κ2) is 4.07. The van der Waals surface area contributed by atoms with Crippen LogP contribution < -0.4 is 10.2 Å². The largest absolute Gasteiger partial charge is 0.369 e. The molecule has 0 unspecified atom stereocenters. The van der Waals surface area contributed by atoms with Crippen molar-refractivity contribution in [2.24, 2.45) is 0 Å². The van der Waals surface area contributed by atoms with E-state index in [1.54, 1.807) is 11.3 Å². The van der Waals surface area contributed by atoms with Crippen molar-refractivity contribution in [2.75, 3.05) is 31.1 Å². The van der Waals surface area contributed by atoms with Gasteiger partial charge in [0.2, 0.25) is 0 Å². The van der Waals surface area contributed by atoms with Gasteiger partial charge in [0.05, 0.1) is 0 Å². The Kier molecular flexibility index (Phi) is 2.58. The zero-order valence-electron chi connectivity index (χ0n) is 9.42. The number of piperazine rings is 1. The van der Waals surface area contributed by atoms with Gasteiger partial charge in [-0.2, -0.15) is 0 Å². The van der Waals surface area contributed by atoms with Crippen LogP contribution in [0.5, 0.6) is 0 Å². The number of anilines is 1. The Morgan fingerprint density at radius 3 is 2.94 bits per heavy atom. The van der Waals surface area contributed by atoms with Crippen LogP contribution >= 0.6 is 11.3 Å². The maximum Gasteiger partial charge on any atom is 0.0487 e. The first kappa shape index (κ1) is 10.1. The summed E-state index contributed by atoms with van der Waals surface area (Å²) in [5.41, 5.74) is 2.63. The lowest BCUT2D eigenvalue weighted by atomic mass is 10.1. The Morgan fingerprint density at radius 2 is 2.12 bits per heavy atom. The number of benzene rings is 1. The van der Waals surface area contributed by atoms with E-state index in [1.165, 1.54) is 21.3 Å². The predicted molar refractivity (Wildman–Crippen MR) is 70.5 cm³/mol. The van der Waals surface area contributed by atoms with Gasteiger partial charge >= 0.3 is 0 Å². The summed E-state index contributed by atoms with van der Waals surface area (Å²) in [6, 6.07) is 6.77. The topological polar surface area (TPSA) is 15.3 Å². The lowest BCUT2D eigenvalue weighted by Gasteiger charge is -2.29. The summed E-state index contributed by atoms with van der Waals surface area (Å²) in [4.78, 5) is 2.45. The third-order valence-electron chi connectivity index (χ3n) is 3.16. The van der Waals surface area contributed by atoms with E-state index in [0.29, 0.717) is 0 Å². The molecule has 0 saturated carbocycles. The third-order valence-corrected chi connectivity index (χ3v) is 4.15. The summed E-state index contributed by atoms with van der Waals surface area (Å²) in [5, 5.41) is 8.06. The molecule has 1 aromatic carbocycles. The molecule has 3 heteroatoms. The molecule has 3 rings (SSSR count). The van der Waals surface area contributed by atoms with Gasteiger partial charge in [0, 0.05) is 41.9 Å². The van der Waals surface area contributed by atoms with Gasteiger partial charge in [0.15, 0.2) is 0 Å². The van der Waals surface area contributed by atoms with Crippen molar-refractivity contribution >= 4 is 27.1 Å². The standard InChI is InChI=1S/C13H15N2S/c1-10-9-16-13-3-2-11(8-12(10)13)15-6-4-14-5-7-15/h2-3,8,14H,4-7H2,1H3. The molecule has 1 aromatic heterocycles. The van der Waals surface area contributed by atoms with Gasteiger partial charge < -0.3 is 10.2 Å². The Labute approximate surface area is 99.9 Å². The highest BCUT2D eigenvalue weighted by molar-refractivity contribution is 7.16. The predicted octanol–water partition coefficient (Wildman–Crippen LogP) is 2.42. The van der Waals surface area contributed by atoms with Crippen LogP contribution in [-0.2, 0) is 0 Å². The molecule has 0 atom stereocenters. The fourth-order valence-corrected chi connectivity index (χ4v) is 3.04. The van der Waals surface area contributed by atoms with Crippen LogP contribution in [0.2, 0.25) is 0 Å². The molecule has 1 aliphatic heterocycles. The quantitative estimate of drug-likeness (QED) is 0.811. The first-order valence-corrected chi connectivity index (χ1v) is 6.53. The average Bonchev–Trinajstić information content (AvgIpc) is 2.72. The summed E-state index contributed by atoms with van der Waals surface area (Å²) in [5.74, 6) is 0. The normalized spacial score (nSPS) is 16.9. The maximum absolute atomic E-state index is 3.38. The van der Waals surface area contributed by atoms with E-state index in [-0.39, 0.29) is 0 Å². The Hall–Kier alpha value is -1.06. The Balaban J connectivity index is 1.99. The molecule has 2 heterocycles. The second-order valence-electron chi connectivity index (χ2n) is 4.25. The number of fused-ring (bicyclic) bond motifs is 1. The van der Waals surface area contributed by atoms with Crippen LogP contribution in [0, 0.1) is 12.3 Å². The molecule has 1 N–H and O–H groups in total. The summed E-state index contributed by atoms with van der Waals surface area (Å²) < 4.78 is 1.34. The smallest absolute Gasteiger partial charge is 0.0487 e. The molecule has 83 valence electrons. The SMILES string of the molecule is Cc1[c]sc2ccc(N3CCNCC3)cc12. The molecule has 2 aromatic rings.